The van der Waals surface area contributed by atoms with E-state index in [9.17, 15) is 8.42 Å². The van der Waals surface area contributed by atoms with Gasteiger partial charge in [0.2, 0.25) is 10.0 Å². The van der Waals surface area contributed by atoms with Crippen molar-refractivity contribution < 1.29 is 8.42 Å². The van der Waals surface area contributed by atoms with E-state index in [2.05, 4.69) is 10.2 Å². The molecule has 2 aromatic heterocycles. The zero-order chi connectivity index (χ0) is 17.6. The lowest BCUT2D eigenvalue weighted by atomic mass is 10.2. The number of halogens is 2. The Bertz CT molecular complexity index is 1030. The summed E-state index contributed by atoms with van der Waals surface area (Å²) in [6.45, 7) is 0.385. The van der Waals surface area contributed by atoms with Crippen LogP contribution in [0, 0.1) is 0 Å². The van der Waals surface area contributed by atoms with Crippen molar-refractivity contribution in [3.8, 4) is 0 Å². The SMILES string of the molecule is O=S(=O)(c1c(Cl)cccc1Cl)N1CCC[C@H]1c1nnc2ccccn12. The fourth-order valence-electron chi connectivity index (χ4n) is 3.22. The molecule has 1 atom stereocenters. The largest absolute Gasteiger partial charge is 0.285 e. The molecule has 0 N–H and O–H groups in total. The minimum atomic E-state index is -3.86. The molecule has 0 saturated carbocycles. The molecule has 0 unspecified atom stereocenters. The zero-order valence-corrected chi connectivity index (χ0v) is 15.3. The molecule has 0 aliphatic carbocycles. The van der Waals surface area contributed by atoms with Gasteiger partial charge in [-0.15, -0.1) is 10.2 Å². The molecule has 3 heterocycles. The van der Waals surface area contributed by atoms with Crippen LogP contribution in [0.15, 0.2) is 47.5 Å². The minimum absolute atomic E-state index is 0.0564. The highest BCUT2D eigenvalue weighted by atomic mass is 35.5. The molecule has 0 radical (unpaired) electrons. The lowest BCUT2D eigenvalue weighted by Crippen LogP contribution is -2.32. The summed E-state index contributed by atoms with van der Waals surface area (Å²) in [4.78, 5) is -0.0564. The highest BCUT2D eigenvalue weighted by Gasteiger charge is 2.40. The summed E-state index contributed by atoms with van der Waals surface area (Å²) in [5.74, 6) is 0.597. The number of hydrogen-bond acceptors (Lipinski definition) is 4. The van der Waals surface area contributed by atoms with Crippen LogP contribution in [0.3, 0.4) is 0 Å². The van der Waals surface area contributed by atoms with E-state index < -0.39 is 16.1 Å². The molecule has 1 aliphatic rings. The molecule has 0 spiro atoms. The van der Waals surface area contributed by atoms with Crippen LogP contribution in [0.2, 0.25) is 10.0 Å². The summed E-state index contributed by atoms with van der Waals surface area (Å²) in [6.07, 6.45) is 3.22. The highest BCUT2D eigenvalue weighted by Crippen LogP contribution is 2.39. The summed E-state index contributed by atoms with van der Waals surface area (Å²) >= 11 is 12.3. The van der Waals surface area contributed by atoms with Crippen LogP contribution in [0.1, 0.15) is 24.7 Å². The van der Waals surface area contributed by atoms with E-state index >= 15 is 0 Å². The maximum absolute atomic E-state index is 13.2. The number of nitrogens with zero attached hydrogens (tertiary/aromatic N) is 4. The Morgan fingerprint density at radius 3 is 2.56 bits per heavy atom. The first kappa shape index (κ1) is 16.8. The van der Waals surface area contributed by atoms with Gasteiger partial charge in [0.15, 0.2) is 11.5 Å². The van der Waals surface area contributed by atoms with Gasteiger partial charge in [-0.05, 0) is 37.1 Å². The van der Waals surface area contributed by atoms with Crippen LogP contribution in [-0.4, -0.2) is 33.9 Å². The molecule has 1 fully saturated rings. The Balaban J connectivity index is 1.82. The summed E-state index contributed by atoms with van der Waals surface area (Å²) in [7, 11) is -3.86. The van der Waals surface area contributed by atoms with Gasteiger partial charge < -0.3 is 0 Å². The van der Waals surface area contributed by atoms with Gasteiger partial charge in [0.05, 0.1) is 16.1 Å². The molecule has 1 saturated heterocycles. The van der Waals surface area contributed by atoms with Crippen molar-refractivity contribution in [1.29, 1.82) is 0 Å². The number of pyridine rings is 1. The van der Waals surface area contributed by atoms with Gasteiger partial charge in [-0.2, -0.15) is 4.31 Å². The van der Waals surface area contributed by atoms with E-state index in [4.69, 9.17) is 23.2 Å². The van der Waals surface area contributed by atoms with Gasteiger partial charge >= 0.3 is 0 Å². The van der Waals surface area contributed by atoms with Gasteiger partial charge in [0, 0.05) is 12.7 Å². The second-order valence-electron chi connectivity index (χ2n) is 5.81. The molecule has 4 rings (SSSR count). The number of rotatable bonds is 3. The first-order valence-electron chi connectivity index (χ1n) is 7.75. The lowest BCUT2D eigenvalue weighted by Gasteiger charge is -2.24. The lowest BCUT2D eigenvalue weighted by molar-refractivity contribution is 0.381. The quantitative estimate of drug-likeness (QED) is 0.678. The average molecular weight is 397 g/mol. The van der Waals surface area contributed by atoms with Gasteiger partial charge in [-0.25, -0.2) is 8.42 Å². The maximum atomic E-state index is 13.2. The Kier molecular flexibility index (Phi) is 4.19. The number of benzene rings is 1. The average Bonchev–Trinajstić information content (AvgIpc) is 3.21. The monoisotopic (exact) mass is 396 g/mol. The Labute approximate surface area is 155 Å². The molecule has 1 aliphatic heterocycles. The Hall–Kier alpha value is -1.67. The number of sulfonamides is 1. The van der Waals surface area contributed by atoms with Crippen LogP contribution in [0.4, 0.5) is 0 Å². The van der Waals surface area contributed by atoms with Crippen molar-refractivity contribution >= 4 is 38.9 Å². The van der Waals surface area contributed by atoms with Gasteiger partial charge in [-0.3, -0.25) is 4.40 Å². The number of aromatic nitrogens is 3. The van der Waals surface area contributed by atoms with Crippen molar-refractivity contribution in [2.24, 2.45) is 0 Å². The predicted molar refractivity (Wildman–Crippen MR) is 95.3 cm³/mol. The maximum Gasteiger partial charge on any atom is 0.246 e. The Morgan fingerprint density at radius 2 is 1.80 bits per heavy atom. The normalized spacial score (nSPS) is 18.9. The van der Waals surface area contributed by atoms with Crippen molar-refractivity contribution in [1.82, 2.24) is 18.9 Å². The molecule has 0 amide bonds. The van der Waals surface area contributed by atoms with Gasteiger partial charge in [-0.1, -0.05) is 35.3 Å². The summed E-state index contributed by atoms with van der Waals surface area (Å²) in [5, 5.41) is 8.58. The summed E-state index contributed by atoms with van der Waals surface area (Å²) < 4.78 is 29.7. The molecule has 1 aromatic carbocycles. The molecule has 9 heteroatoms. The second-order valence-corrected chi connectivity index (χ2v) is 8.45. The fourth-order valence-corrected chi connectivity index (χ4v) is 5.97. The van der Waals surface area contributed by atoms with Crippen LogP contribution < -0.4 is 0 Å². The topological polar surface area (TPSA) is 67.6 Å². The smallest absolute Gasteiger partial charge is 0.246 e. The van der Waals surface area contributed by atoms with Crippen LogP contribution in [0.25, 0.3) is 5.65 Å². The molecule has 0 bridgehead atoms. The van der Waals surface area contributed by atoms with Crippen LogP contribution in [0.5, 0.6) is 0 Å². The molecular weight excluding hydrogens is 383 g/mol. The molecule has 25 heavy (non-hydrogen) atoms. The number of fused-ring (bicyclic) bond motifs is 1. The molecular formula is C16H14Cl2N4O2S. The third-order valence-electron chi connectivity index (χ3n) is 4.33. The van der Waals surface area contributed by atoms with Crippen molar-refractivity contribution in [3.05, 3.63) is 58.5 Å². The van der Waals surface area contributed by atoms with E-state index in [0.29, 0.717) is 24.4 Å². The van der Waals surface area contributed by atoms with E-state index in [0.717, 1.165) is 6.42 Å². The fraction of sp³-hybridized carbons (Fsp3) is 0.250. The third kappa shape index (κ3) is 2.71. The standard InChI is InChI=1S/C16H14Cl2N4O2S/c17-11-5-3-6-12(18)15(11)25(23,24)22-10-4-7-13(22)16-20-19-14-8-1-2-9-21(14)16/h1-3,5-6,8-9,13H,4,7,10H2/t13-/m0/s1. The minimum Gasteiger partial charge on any atom is -0.285 e. The first-order valence-corrected chi connectivity index (χ1v) is 9.95. The third-order valence-corrected chi connectivity index (χ3v) is 7.19. The van der Waals surface area contributed by atoms with Crippen molar-refractivity contribution in [2.45, 2.75) is 23.8 Å². The van der Waals surface area contributed by atoms with Crippen LogP contribution >= 0.6 is 23.2 Å². The van der Waals surface area contributed by atoms with E-state index in [-0.39, 0.29) is 14.9 Å². The van der Waals surface area contributed by atoms with E-state index in [1.807, 2.05) is 28.8 Å². The molecule has 6 nitrogen and oxygen atoms in total. The van der Waals surface area contributed by atoms with Crippen molar-refractivity contribution in [2.75, 3.05) is 6.54 Å². The molecule has 130 valence electrons. The van der Waals surface area contributed by atoms with E-state index in [1.165, 1.54) is 16.4 Å². The predicted octanol–water partition coefficient (Wildman–Crippen LogP) is 3.56. The van der Waals surface area contributed by atoms with Crippen LogP contribution in [-0.2, 0) is 10.0 Å². The Morgan fingerprint density at radius 1 is 1.04 bits per heavy atom. The second kappa shape index (κ2) is 6.25. The molecule has 3 aromatic rings. The highest BCUT2D eigenvalue weighted by molar-refractivity contribution is 7.89. The number of hydrogen-bond donors (Lipinski definition) is 0. The first-order chi connectivity index (χ1) is 12.0. The summed E-state index contributed by atoms with van der Waals surface area (Å²) in [6, 6.07) is 9.82. The van der Waals surface area contributed by atoms with E-state index in [1.54, 1.807) is 6.07 Å². The van der Waals surface area contributed by atoms with Gasteiger partial charge in [0.1, 0.15) is 4.90 Å². The summed E-state index contributed by atoms with van der Waals surface area (Å²) in [5.41, 5.74) is 0.678. The van der Waals surface area contributed by atoms with Crippen molar-refractivity contribution in [3.63, 3.8) is 0 Å². The zero-order valence-electron chi connectivity index (χ0n) is 13.0. The van der Waals surface area contributed by atoms with Gasteiger partial charge in [0.25, 0.3) is 0 Å².